The summed E-state index contributed by atoms with van der Waals surface area (Å²) in [5, 5.41) is 3.19. The molecule has 0 radical (unpaired) electrons. The maximum absolute atomic E-state index is 13.0. The first-order chi connectivity index (χ1) is 15.3. The zero-order valence-corrected chi connectivity index (χ0v) is 18.5. The maximum atomic E-state index is 13.0. The molecule has 170 valence electrons. The van der Waals surface area contributed by atoms with Crippen LogP contribution in [0.3, 0.4) is 0 Å². The summed E-state index contributed by atoms with van der Waals surface area (Å²) < 4.78 is 17.3. The molecule has 0 bridgehead atoms. The average Bonchev–Trinajstić information content (AvgIpc) is 2.82. The first-order valence-corrected chi connectivity index (χ1v) is 12.2. The minimum atomic E-state index is 0.130. The van der Waals surface area contributed by atoms with Crippen molar-refractivity contribution >= 4 is 11.6 Å². The molecule has 0 unspecified atom stereocenters. The summed E-state index contributed by atoms with van der Waals surface area (Å²) in [5.74, 6) is 2.40. The molecule has 1 aromatic carbocycles. The highest BCUT2D eigenvalue weighted by molar-refractivity contribution is 5.92. The molecule has 0 aromatic heterocycles. The number of piperidine rings is 1. The van der Waals surface area contributed by atoms with Crippen LogP contribution in [0, 0.1) is 11.8 Å². The molecule has 1 amide bonds. The van der Waals surface area contributed by atoms with Crippen LogP contribution in [-0.2, 0) is 14.3 Å². The maximum Gasteiger partial charge on any atom is 0.224 e. The van der Waals surface area contributed by atoms with Crippen LogP contribution in [-0.4, -0.2) is 63.0 Å². The van der Waals surface area contributed by atoms with Crippen molar-refractivity contribution in [3.05, 3.63) is 23.8 Å². The standard InChI is InChI=1S/C25H36N2O4/c28-25-16-20-3-9-27(22-7-12-30-13-8-22)17-21(20)6-14-31-24-2-1-19(15-23(24)26-25)18-4-10-29-11-5-18/h1-2,15,18,20-22H,3-14,16-17H2,(H,26,28)/t20-,21-/m0/s1. The van der Waals surface area contributed by atoms with Gasteiger partial charge in [-0.2, -0.15) is 0 Å². The fraction of sp³-hybridized carbons (Fsp3) is 0.720. The predicted molar refractivity (Wildman–Crippen MR) is 120 cm³/mol. The fourth-order valence-corrected chi connectivity index (χ4v) is 5.90. The fourth-order valence-electron chi connectivity index (χ4n) is 5.90. The number of nitrogens with one attached hydrogen (secondary N) is 1. The van der Waals surface area contributed by atoms with Crippen LogP contribution in [0.4, 0.5) is 5.69 Å². The highest BCUT2D eigenvalue weighted by Crippen LogP contribution is 2.37. The number of rotatable bonds is 2. The minimum Gasteiger partial charge on any atom is -0.491 e. The molecule has 2 atom stereocenters. The van der Waals surface area contributed by atoms with E-state index in [9.17, 15) is 4.79 Å². The molecule has 0 saturated carbocycles. The van der Waals surface area contributed by atoms with Crippen molar-refractivity contribution in [1.82, 2.24) is 4.90 Å². The summed E-state index contributed by atoms with van der Waals surface area (Å²) in [7, 11) is 0. The minimum absolute atomic E-state index is 0.130. The number of carbonyl (C=O) groups excluding carboxylic acids is 1. The Labute approximate surface area is 185 Å². The molecule has 0 spiro atoms. The number of benzene rings is 1. The van der Waals surface area contributed by atoms with Crippen LogP contribution in [0.2, 0.25) is 0 Å². The second-order valence-electron chi connectivity index (χ2n) is 9.68. The highest BCUT2D eigenvalue weighted by atomic mass is 16.5. The summed E-state index contributed by atoms with van der Waals surface area (Å²) >= 11 is 0. The van der Waals surface area contributed by atoms with Crippen LogP contribution >= 0.6 is 0 Å². The lowest BCUT2D eigenvalue weighted by atomic mass is 9.80. The Morgan fingerprint density at radius 2 is 1.65 bits per heavy atom. The van der Waals surface area contributed by atoms with E-state index in [1.54, 1.807) is 0 Å². The van der Waals surface area contributed by atoms with Crippen LogP contribution in [0.1, 0.15) is 56.4 Å². The summed E-state index contributed by atoms with van der Waals surface area (Å²) in [6.07, 6.45) is 7.09. The van der Waals surface area contributed by atoms with Crippen LogP contribution in [0.25, 0.3) is 0 Å². The second-order valence-corrected chi connectivity index (χ2v) is 9.68. The lowest BCUT2D eigenvalue weighted by Gasteiger charge is -2.43. The number of fused-ring (bicyclic) bond motifs is 2. The average molecular weight is 429 g/mol. The van der Waals surface area contributed by atoms with Crippen molar-refractivity contribution < 1.29 is 19.0 Å². The van der Waals surface area contributed by atoms with E-state index in [0.717, 1.165) is 89.5 Å². The Kier molecular flexibility index (Phi) is 6.77. The van der Waals surface area contributed by atoms with Crippen molar-refractivity contribution in [3.63, 3.8) is 0 Å². The number of likely N-dealkylation sites (tertiary alicyclic amines) is 1. The summed E-state index contributed by atoms with van der Waals surface area (Å²) in [6, 6.07) is 7.00. The van der Waals surface area contributed by atoms with Gasteiger partial charge >= 0.3 is 0 Å². The van der Waals surface area contributed by atoms with Crippen LogP contribution in [0.5, 0.6) is 5.75 Å². The van der Waals surface area contributed by atoms with E-state index in [2.05, 4.69) is 28.4 Å². The first kappa shape index (κ1) is 21.2. The quantitative estimate of drug-likeness (QED) is 0.776. The number of hydrogen-bond donors (Lipinski definition) is 1. The third kappa shape index (κ3) is 5.07. The number of nitrogens with zero attached hydrogens (tertiary/aromatic N) is 1. The van der Waals surface area contributed by atoms with Gasteiger partial charge in [0.2, 0.25) is 5.91 Å². The van der Waals surface area contributed by atoms with Gasteiger partial charge in [0.05, 0.1) is 12.3 Å². The molecule has 3 fully saturated rings. The molecule has 4 aliphatic rings. The Morgan fingerprint density at radius 1 is 0.871 bits per heavy atom. The molecule has 3 saturated heterocycles. The first-order valence-electron chi connectivity index (χ1n) is 12.2. The molecule has 6 nitrogen and oxygen atoms in total. The molecular weight excluding hydrogens is 392 g/mol. The van der Waals surface area contributed by atoms with E-state index in [-0.39, 0.29) is 5.91 Å². The van der Waals surface area contributed by atoms with Crippen LogP contribution in [0.15, 0.2) is 18.2 Å². The normalized spacial score (nSPS) is 29.4. The second kappa shape index (κ2) is 9.88. The lowest BCUT2D eigenvalue weighted by molar-refractivity contribution is -0.118. The van der Waals surface area contributed by atoms with Gasteiger partial charge in [0, 0.05) is 45.4 Å². The van der Waals surface area contributed by atoms with E-state index in [1.807, 2.05) is 0 Å². The topological polar surface area (TPSA) is 60.0 Å². The van der Waals surface area contributed by atoms with E-state index in [0.29, 0.717) is 36.8 Å². The van der Waals surface area contributed by atoms with Gasteiger partial charge in [0.1, 0.15) is 5.75 Å². The zero-order valence-electron chi connectivity index (χ0n) is 18.5. The van der Waals surface area contributed by atoms with Crippen LogP contribution < -0.4 is 10.1 Å². The third-order valence-corrected chi connectivity index (χ3v) is 7.79. The summed E-state index contributed by atoms with van der Waals surface area (Å²) in [5.41, 5.74) is 2.12. The van der Waals surface area contributed by atoms with Crippen molar-refractivity contribution in [3.8, 4) is 5.75 Å². The van der Waals surface area contributed by atoms with Gasteiger partial charge in [-0.1, -0.05) is 6.07 Å². The SMILES string of the molecule is O=C1C[C@@H]2CCN(C3CCOCC3)C[C@@H]2CCOc2ccc(C3CCOCC3)cc2N1. The van der Waals surface area contributed by atoms with Crippen molar-refractivity contribution in [2.24, 2.45) is 11.8 Å². The number of amides is 1. The Bertz CT molecular complexity index is 758. The monoisotopic (exact) mass is 428 g/mol. The number of hydrogen-bond acceptors (Lipinski definition) is 5. The molecule has 6 heteroatoms. The van der Waals surface area contributed by atoms with Crippen molar-refractivity contribution in [2.75, 3.05) is 51.4 Å². The van der Waals surface area contributed by atoms with E-state index < -0.39 is 0 Å². The Hall–Kier alpha value is -1.63. The molecule has 1 aromatic rings. The largest absolute Gasteiger partial charge is 0.491 e. The lowest BCUT2D eigenvalue weighted by Crippen LogP contribution is -2.48. The number of ether oxygens (including phenoxy) is 3. The number of carbonyl (C=O) groups is 1. The van der Waals surface area contributed by atoms with Gasteiger partial charge in [0.25, 0.3) is 0 Å². The van der Waals surface area contributed by atoms with Gasteiger partial charge in [0.15, 0.2) is 0 Å². The molecule has 4 aliphatic heterocycles. The Morgan fingerprint density at radius 3 is 2.45 bits per heavy atom. The molecule has 31 heavy (non-hydrogen) atoms. The van der Waals surface area contributed by atoms with Gasteiger partial charge < -0.3 is 19.5 Å². The van der Waals surface area contributed by atoms with E-state index >= 15 is 0 Å². The molecule has 4 heterocycles. The van der Waals surface area contributed by atoms with E-state index in [1.165, 1.54) is 5.56 Å². The molecule has 0 aliphatic carbocycles. The van der Waals surface area contributed by atoms with Crippen molar-refractivity contribution in [1.29, 1.82) is 0 Å². The molecule has 5 rings (SSSR count). The number of anilines is 1. The molecular formula is C25H36N2O4. The summed E-state index contributed by atoms with van der Waals surface area (Å²) in [6.45, 7) is 6.30. The summed E-state index contributed by atoms with van der Waals surface area (Å²) in [4.78, 5) is 15.6. The third-order valence-electron chi connectivity index (χ3n) is 7.79. The van der Waals surface area contributed by atoms with Gasteiger partial charge in [-0.05, 0) is 80.5 Å². The zero-order chi connectivity index (χ0) is 21.0. The Balaban J connectivity index is 1.28. The van der Waals surface area contributed by atoms with Gasteiger partial charge in [-0.3, -0.25) is 9.69 Å². The van der Waals surface area contributed by atoms with Gasteiger partial charge in [-0.15, -0.1) is 0 Å². The molecule has 1 N–H and O–H groups in total. The van der Waals surface area contributed by atoms with Crippen molar-refractivity contribution in [2.45, 2.75) is 56.9 Å². The van der Waals surface area contributed by atoms with E-state index in [4.69, 9.17) is 14.2 Å². The van der Waals surface area contributed by atoms with Gasteiger partial charge in [-0.25, -0.2) is 0 Å². The predicted octanol–water partition coefficient (Wildman–Crippen LogP) is 3.81. The highest BCUT2D eigenvalue weighted by Gasteiger charge is 2.34. The smallest absolute Gasteiger partial charge is 0.224 e.